The van der Waals surface area contributed by atoms with Crippen LogP contribution in [0.1, 0.15) is 44.0 Å². The first-order chi connectivity index (χ1) is 7.81. The smallest absolute Gasteiger partial charge is 0.185 e. The minimum Gasteiger partial charge on any atom is -0.348 e. The summed E-state index contributed by atoms with van der Waals surface area (Å²) in [6, 6.07) is 0.439. The molecule has 2 rings (SSSR count). The molecular formula is C12H21N3S. The van der Waals surface area contributed by atoms with Crippen LogP contribution in [0.5, 0.6) is 0 Å². The van der Waals surface area contributed by atoms with Crippen LogP contribution in [0.2, 0.25) is 0 Å². The zero-order chi connectivity index (χ0) is 11.4. The van der Waals surface area contributed by atoms with Crippen molar-refractivity contribution >= 4 is 16.5 Å². The zero-order valence-corrected chi connectivity index (χ0v) is 11.0. The van der Waals surface area contributed by atoms with Gasteiger partial charge in [-0.15, -0.1) is 11.3 Å². The van der Waals surface area contributed by atoms with Gasteiger partial charge in [0.1, 0.15) is 0 Å². The lowest BCUT2D eigenvalue weighted by Crippen LogP contribution is -2.18. The highest BCUT2D eigenvalue weighted by Gasteiger charge is 2.17. The van der Waals surface area contributed by atoms with Crippen molar-refractivity contribution < 1.29 is 0 Å². The molecule has 0 saturated carbocycles. The zero-order valence-electron chi connectivity index (χ0n) is 10.2. The van der Waals surface area contributed by atoms with Gasteiger partial charge in [-0.25, -0.2) is 4.98 Å². The number of rotatable bonds is 5. The molecular weight excluding hydrogens is 218 g/mol. The Morgan fingerprint density at radius 3 is 2.94 bits per heavy atom. The minimum absolute atomic E-state index is 0.439. The standard InChI is InChI=1S/C12H21N3S/c1-3-6-13-10(2)11-9-14-12(16-11)15-7-4-5-8-15/h9-10,13H,3-8H2,1-2H3. The van der Waals surface area contributed by atoms with Crippen LogP contribution in [-0.4, -0.2) is 24.6 Å². The third kappa shape index (κ3) is 2.74. The molecule has 3 nitrogen and oxygen atoms in total. The first kappa shape index (κ1) is 11.9. The van der Waals surface area contributed by atoms with Gasteiger partial charge < -0.3 is 10.2 Å². The quantitative estimate of drug-likeness (QED) is 0.856. The third-order valence-electron chi connectivity index (χ3n) is 3.02. The molecule has 1 fully saturated rings. The normalized spacial score (nSPS) is 18.0. The molecule has 1 aromatic heterocycles. The Morgan fingerprint density at radius 2 is 2.25 bits per heavy atom. The summed E-state index contributed by atoms with van der Waals surface area (Å²) < 4.78 is 0. The largest absolute Gasteiger partial charge is 0.348 e. The van der Waals surface area contributed by atoms with Crippen molar-refractivity contribution in [3.63, 3.8) is 0 Å². The van der Waals surface area contributed by atoms with Crippen LogP contribution < -0.4 is 10.2 Å². The molecule has 1 saturated heterocycles. The van der Waals surface area contributed by atoms with Crippen molar-refractivity contribution in [2.24, 2.45) is 0 Å². The van der Waals surface area contributed by atoms with Crippen molar-refractivity contribution in [2.45, 2.75) is 39.2 Å². The van der Waals surface area contributed by atoms with Gasteiger partial charge in [0, 0.05) is 30.2 Å². The predicted molar refractivity (Wildman–Crippen MR) is 70.3 cm³/mol. The van der Waals surface area contributed by atoms with Gasteiger partial charge in [0.25, 0.3) is 0 Å². The number of nitrogens with one attached hydrogen (secondary N) is 1. The molecule has 1 atom stereocenters. The van der Waals surface area contributed by atoms with Gasteiger partial charge >= 0.3 is 0 Å². The van der Waals surface area contributed by atoms with Crippen molar-refractivity contribution in [2.75, 3.05) is 24.5 Å². The number of hydrogen-bond acceptors (Lipinski definition) is 4. The number of aromatic nitrogens is 1. The molecule has 2 heterocycles. The fourth-order valence-electron chi connectivity index (χ4n) is 1.99. The molecule has 0 aromatic carbocycles. The monoisotopic (exact) mass is 239 g/mol. The van der Waals surface area contributed by atoms with Gasteiger partial charge in [-0.2, -0.15) is 0 Å². The fourth-order valence-corrected chi connectivity index (χ4v) is 2.99. The van der Waals surface area contributed by atoms with E-state index in [1.54, 1.807) is 0 Å². The Hall–Kier alpha value is -0.610. The second-order valence-electron chi connectivity index (χ2n) is 4.42. The Balaban J connectivity index is 1.95. The molecule has 16 heavy (non-hydrogen) atoms. The Morgan fingerprint density at radius 1 is 1.50 bits per heavy atom. The van der Waals surface area contributed by atoms with Gasteiger partial charge in [-0.3, -0.25) is 0 Å². The lowest BCUT2D eigenvalue weighted by Gasteiger charge is -2.13. The van der Waals surface area contributed by atoms with Crippen molar-refractivity contribution in [3.05, 3.63) is 11.1 Å². The van der Waals surface area contributed by atoms with Crippen molar-refractivity contribution in [1.29, 1.82) is 0 Å². The maximum atomic E-state index is 4.53. The van der Waals surface area contributed by atoms with E-state index in [2.05, 4.69) is 29.0 Å². The second kappa shape index (κ2) is 5.64. The highest BCUT2D eigenvalue weighted by molar-refractivity contribution is 7.15. The Labute approximate surface area is 102 Å². The minimum atomic E-state index is 0.439. The summed E-state index contributed by atoms with van der Waals surface area (Å²) in [6.07, 6.45) is 5.85. The molecule has 0 aliphatic carbocycles. The lowest BCUT2D eigenvalue weighted by atomic mass is 10.3. The summed E-state index contributed by atoms with van der Waals surface area (Å²) in [5.41, 5.74) is 0. The molecule has 4 heteroatoms. The molecule has 1 unspecified atom stereocenters. The van der Waals surface area contributed by atoms with Crippen LogP contribution in [0.25, 0.3) is 0 Å². The average Bonchev–Trinajstić information content (AvgIpc) is 2.94. The van der Waals surface area contributed by atoms with E-state index < -0.39 is 0 Å². The SMILES string of the molecule is CCCNC(C)c1cnc(N2CCCC2)s1. The molecule has 1 aliphatic heterocycles. The van der Waals surface area contributed by atoms with Crippen LogP contribution in [0.15, 0.2) is 6.20 Å². The van der Waals surface area contributed by atoms with E-state index in [4.69, 9.17) is 0 Å². The van der Waals surface area contributed by atoms with E-state index in [0.29, 0.717) is 6.04 Å². The number of hydrogen-bond donors (Lipinski definition) is 1. The van der Waals surface area contributed by atoms with E-state index in [0.717, 1.165) is 6.54 Å². The highest BCUT2D eigenvalue weighted by Crippen LogP contribution is 2.29. The topological polar surface area (TPSA) is 28.2 Å². The number of anilines is 1. The molecule has 0 spiro atoms. The molecule has 1 aromatic rings. The van der Waals surface area contributed by atoms with Crippen molar-refractivity contribution in [1.82, 2.24) is 10.3 Å². The van der Waals surface area contributed by atoms with E-state index in [1.807, 2.05) is 17.5 Å². The van der Waals surface area contributed by atoms with Gasteiger partial charge in [-0.1, -0.05) is 6.92 Å². The maximum Gasteiger partial charge on any atom is 0.185 e. The van der Waals surface area contributed by atoms with Crippen LogP contribution >= 0.6 is 11.3 Å². The average molecular weight is 239 g/mol. The van der Waals surface area contributed by atoms with Gasteiger partial charge in [0.15, 0.2) is 5.13 Å². The number of thiazole rings is 1. The molecule has 90 valence electrons. The lowest BCUT2D eigenvalue weighted by molar-refractivity contribution is 0.577. The first-order valence-corrected chi connectivity index (χ1v) is 7.07. The summed E-state index contributed by atoms with van der Waals surface area (Å²) in [5, 5.41) is 4.71. The molecule has 0 radical (unpaired) electrons. The van der Waals surface area contributed by atoms with E-state index in [9.17, 15) is 0 Å². The Bertz CT molecular complexity index is 318. The summed E-state index contributed by atoms with van der Waals surface area (Å²) in [7, 11) is 0. The Kier molecular flexibility index (Phi) is 4.18. The fraction of sp³-hybridized carbons (Fsp3) is 0.750. The van der Waals surface area contributed by atoms with Crippen LogP contribution in [0.4, 0.5) is 5.13 Å². The molecule has 1 aliphatic rings. The summed E-state index contributed by atoms with van der Waals surface area (Å²) in [4.78, 5) is 8.29. The summed E-state index contributed by atoms with van der Waals surface area (Å²) in [5.74, 6) is 0. The van der Waals surface area contributed by atoms with E-state index in [-0.39, 0.29) is 0 Å². The predicted octanol–water partition coefficient (Wildman–Crippen LogP) is 2.80. The van der Waals surface area contributed by atoms with Crippen LogP contribution in [0, 0.1) is 0 Å². The van der Waals surface area contributed by atoms with Gasteiger partial charge in [0.2, 0.25) is 0 Å². The van der Waals surface area contributed by atoms with Crippen molar-refractivity contribution in [3.8, 4) is 0 Å². The van der Waals surface area contributed by atoms with E-state index >= 15 is 0 Å². The second-order valence-corrected chi connectivity index (χ2v) is 5.46. The highest BCUT2D eigenvalue weighted by atomic mass is 32.1. The van der Waals surface area contributed by atoms with Gasteiger partial charge in [0.05, 0.1) is 0 Å². The first-order valence-electron chi connectivity index (χ1n) is 6.25. The van der Waals surface area contributed by atoms with Gasteiger partial charge in [-0.05, 0) is 32.7 Å². The number of nitrogens with zero attached hydrogens (tertiary/aromatic N) is 2. The van der Waals surface area contributed by atoms with Crippen LogP contribution in [0.3, 0.4) is 0 Å². The van der Waals surface area contributed by atoms with E-state index in [1.165, 1.54) is 42.4 Å². The summed E-state index contributed by atoms with van der Waals surface area (Å²) in [6.45, 7) is 7.87. The molecule has 0 amide bonds. The maximum absolute atomic E-state index is 4.53. The molecule has 0 bridgehead atoms. The van der Waals surface area contributed by atoms with Crippen LogP contribution in [-0.2, 0) is 0 Å². The third-order valence-corrected chi connectivity index (χ3v) is 4.26. The summed E-state index contributed by atoms with van der Waals surface area (Å²) >= 11 is 1.84. The molecule has 1 N–H and O–H groups in total.